The molecule has 0 spiro atoms. The van der Waals surface area contributed by atoms with E-state index in [0.717, 1.165) is 36.5 Å². The van der Waals surface area contributed by atoms with Gasteiger partial charge >= 0.3 is 5.97 Å². The molecule has 0 radical (unpaired) electrons. The van der Waals surface area contributed by atoms with Crippen LogP contribution >= 0.6 is 0 Å². The monoisotopic (exact) mass is 412 g/mol. The summed E-state index contributed by atoms with van der Waals surface area (Å²) in [7, 11) is 0. The quantitative estimate of drug-likeness (QED) is 0.364. The second-order valence-electron chi connectivity index (χ2n) is 10.1. The number of benzene rings is 1. The molecular weight excluding hydrogens is 368 g/mol. The van der Waals surface area contributed by atoms with Crippen molar-refractivity contribution in [2.75, 3.05) is 6.61 Å². The third kappa shape index (κ3) is 7.13. The zero-order chi connectivity index (χ0) is 21.2. The Morgan fingerprint density at radius 3 is 1.90 bits per heavy atom. The van der Waals surface area contributed by atoms with Crippen molar-refractivity contribution in [2.45, 2.75) is 104 Å². The largest absolute Gasteiger partial charge is 0.462 e. The summed E-state index contributed by atoms with van der Waals surface area (Å²) in [5.74, 6) is 3.79. The van der Waals surface area contributed by atoms with Crippen LogP contribution in [0.15, 0.2) is 24.3 Å². The predicted molar refractivity (Wildman–Crippen MR) is 126 cm³/mol. The van der Waals surface area contributed by atoms with Crippen LogP contribution in [0.5, 0.6) is 0 Å². The molecule has 0 aromatic heterocycles. The standard InChI is InChI=1S/C28H44O2/c1-3-5-6-22-9-15-25(16-10-22)26-17-11-23(12-18-26)7-8-24-13-19-27(20-14-24)28(29)30-21-4-2/h13-14,19-20,22-23,25-26H,3-12,15-18,21H2,1-2H3/t22-,23?,25-,26?. The third-order valence-electron chi connectivity index (χ3n) is 7.88. The average Bonchev–Trinajstić information content (AvgIpc) is 2.81. The van der Waals surface area contributed by atoms with Gasteiger partial charge in [-0.3, -0.25) is 0 Å². The van der Waals surface area contributed by atoms with Gasteiger partial charge in [-0.15, -0.1) is 0 Å². The van der Waals surface area contributed by atoms with Crippen LogP contribution in [0, 0.1) is 23.7 Å². The van der Waals surface area contributed by atoms with Gasteiger partial charge in [0.1, 0.15) is 0 Å². The lowest BCUT2D eigenvalue weighted by Gasteiger charge is -2.38. The van der Waals surface area contributed by atoms with Crippen molar-refractivity contribution in [3.63, 3.8) is 0 Å². The van der Waals surface area contributed by atoms with Crippen molar-refractivity contribution in [3.8, 4) is 0 Å². The summed E-state index contributed by atoms with van der Waals surface area (Å²) in [5.41, 5.74) is 2.03. The predicted octanol–water partition coefficient (Wildman–Crippen LogP) is 7.99. The summed E-state index contributed by atoms with van der Waals surface area (Å²) in [5, 5.41) is 0. The molecule has 30 heavy (non-hydrogen) atoms. The summed E-state index contributed by atoms with van der Waals surface area (Å²) < 4.78 is 5.22. The highest BCUT2D eigenvalue weighted by molar-refractivity contribution is 5.89. The molecule has 3 rings (SSSR count). The van der Waals surface area contributed by atoms with Gasteiger partial charge in [0.25, 0.3) is 0 Å². The van der Waals surface area contributed by atoms with E-state index in [-0.39, 0.29) is 5.97 Å². The molecule has 1 aromatic carbocycles. The van der Waals surface area contributed by atoms with Crippen molar-refractivity contribution in [1.82, 2.24) is 0 Å². The molecule has 0 amide bonds. The summed E-state index contributed by atoms with van der Waals surface area (Å²) in [6.45, 7) is 4.84. The zero-order valence-corrected chi connectivity index (χ0v) is 19.5. The summed E-state index contributed by atoms with van der Waals surface area (Å²) in [4.78, 5) is 11.9. The van der Waals surface area contributed by atoms with E-state index in [2.05, 4.69) is 19.1 Å². The van der Waals surface area contributed by atoms with Crippen LogP contribution in [0.4, 0.5) is 0 Å². The molecule has 2 saturated carbocycles. The normalized spacial score (nSPS) is 27.0. The number of aryl methyl sites for hydroxylation is 1. The summed E-state index contributed by atoms with van der Waals surface area (Å²) in [6, 6.07) is 8.10. The first kappa shape index (κ1) is 23.4. The molecule has 2 nitrogen and oxygen atoms in total. The molecule has 2 aliphatic carbocycles. The van der Waals surface area contributed by atoms with Gasteiger partial charge in [-0.1, -0.05) is 70.9 Å². The van der Waals surface area contributed by atoms with Crippen LogP contribution in [0.25, 0.3) is 0 Å². The molecule has 168 valence electrons. The lowest BCUT2D eigenvalue weighted by atomic mass is 9.68. The Kier molecular flexibility index (Phi) is 9.75. The van der Waals surface area contributed by atoms with Crippen LogP contribution in [0.2, 0.25) is 0 Å². The van der Waals surface area contributed by atoms with Gasteiger partial charge in [0.2, 0.25) is 0 Å². The molecule has 2 fully saturated rings. The molecule has 2 aliphatic rings. The highest BCUT2D eigenvalue weighted by atomic mass is 16.5. The van der Waals surface area contributed by atoms with Gasteiger partial charge in [0.15, 0.2) is 0 Å². The highest BCUT2D eigenvalue weighted by Crippen LogP contribution is 2.43. The average molecular weight is 413 g/mol. The molecule has 1 aromatic rings. The molecule has 0 saturated heterocycles. The van der Waals surface area contributed by atoms with Crippen molar-refractivity contribution < 1.29 is 9.53 Å². The van der Waals surface area contributed by atoms with Gasteiger partial charge in [-0.05, 0) is 86.3 Å². The SMILES string of the molecule is CCCC[C@H]1CC[C@H](C2CCC(CCc3ccc(C(=O)OCCC)cc3)CC2)CC1. The van der Waals surface area contributed by atoms with Crippen LogP contribution in [-0.2, 0) is 11.2 Å². The first-order valence-electron chi connectivity index (χ1n) is 13.0. The van der Waals surface area contributed by atoms with E-state index >= 15 is 0 Å². The van der Waals surface area contributed by atoms with Gasteiger partial charge in [0, 0.05) is 0 Å². The fourth-order valence-electron chi connectivity index (χ4n) is 5.85. The van der Waals surface area contributed by atoms with E-state index in [1.54, 1.807) is 0 Å². The number of carbonyl (C=O) groups excluding carboxylic acids is 1. The fraction of sp³-hybridized carbons (Fsp3) is 0.750. The maximum Gasteiger partial charge on any atom is 0.338 e. The number of carbonyl (C=O) groups is 1. The molecule has 2 heteroatoms. The van der Waals surface area contributed by atoms with Gasteiger partial charge in [0.05, 0.1) is 12.2 Å². The topological polar surface area (TPSA) is 26.3 Å². The van der Waals surface area contributed by atoms with E-state index in [1.165, 1.54) is 82.6 Å². The minimum atomic E-state index is -0.193. The Labute approximate surface area is 185 Å². The fourth-order valence-corrected chi connectivity index (χ4v) is 5.85. The number of rotatable bonds is 10. The Morgan fingerprint density at radius 1 is 0.800 bits per heavy atom. The lowest BCUT2D eigenvalue weighted by molar-refractivity contribution is 0.0505. The van der Waals surface area contributed by atoms with Gasteiger partial charge < -0.3 is 4.74 Å². The number of hydrogen-bond donors (Lipinski definition) is 0. The van der Waals surface area contributed by atoms with Crippen LogP contribution in [0.3, 0.4) is 0 Å². The first-order chi connectivity index (χ1) is 14.7. The number of ether oxygens (including phenoxy) is 1. The summed E-state index contributed by atoms with van der Waals surface area (Å²) in [6.07, 6.45) is 19.4. The Morgan fingerprint density at radius 2 is 1.37 bits per heavy atom. The van der Waals surface area contributed by atoms with E-state index in [4.69, 9.17) is 4.74 Å². The number of unbranched alkanes of at least 4 members (excludes halogenated alkanes) is 1. The number of hydrogen-bond acceptors (Lipinski definition) is 2. The maximum absolute atomic E-state index is 11.9. The minimum absolute atomic E-state index is 0.193. The molecule has 0 bridgehead atoms. The van der Waals surface area contributed by atoms with E-state index in [9.17, 15) is 4.79 Å². The van der Waals surface area contributed by atoms with Crippen LogP contribution in [0.1, 0.15) is 113 Å². The Bertz CT molecular complexity index is 604. The molecule has 0 heterocycles. The van der Waals surface area contributed by atoms with Gasteiger partial charge in [-0.25, -0.2) is 4.79 Å². The van der Waals surface area contributed by atoms with Crippen molar-refractivity contribution in [1.29, 1.82) is 0 Å². The Hall–Kier alpha value is -1.31. The second kappa shape index (κ2) is 12.5. The number of esters is 1. The minimum Gasteiger partial charge on any atom is -0.462 e. The highest BCUT2D eigenvalue weighted by Gasteiger charge is 2.30. The van der Waals surface area contributed by atoms with E-state index < -0.39 is 0 Å². The van der Waals surface area contributed by atoms with Crippen molar-refractivity contribution in [2.24, 2.45) is 23.7 Å². The molecule has 0 N–H and O–H groups in total. The van der Waals surface area contributed by atoms with E-state index in [1.807, 2.05) is 19.1 Å². The third-order valence-corrected chi connectivity index (χ3v) is 7.88. The molecular formula is C28H44O2. The van der Waals surface area contributed by atoms with Crippen molar-refractivity contribution in [3.05, 3.63) is 35.4 Å². The molecule has 0 atom stereocenters. The van der Waals surface area contributed by atoms with Crippen LogP contribution < -0.4 is 0 Å². The van der Waals surface area contributed by atoms with Crippen molar-refractivity contribution >= 4 is 5.97 Å². The molecule has 0 unspecified atom stereocenters. The molecule has 0 aliphatic heterocycles. The first-order valence-corrected chi connectivity index (χ1v) is 13.0. The van der Waals surface area contributed by atoms with E-state index in [0.29, 0.717) is 12.2 Å². The maximum atomic E-state index is 11.9. The van der Waals surface area contributed by atoms with Gasteiger partial charge in [-0.2, -0.15) is 0 Å². The van der Waals surface area contributed by atoms with Crippen LogP contribution in [-0.4, -0.2) is 12.6 Å². The Balaban J connectivity index is 1.34. The summed E-state index contributed by atoms with van der Waals surface area (Å²) >= 11 is 0. The second-order valence-corrected chi connectivity index (χ2v) is 10.1. The smallest absolute Gasteiger partial charge is 0.338 e. The zero-order valence-electron chi connectivity index (χ0n) is 19.5. The lowest BCUT2D eigenvalue weighted by Crippen LogP contribution is -2.26.